The molecule has 1 saturated heterocycles. The Morgan fingerprint density at radius 3 is 2.75 bits per heavy atom. The summed E-state index contributed by atoms with van der Waals surface area (Å²) in [6.45, 7) is 4.64. The van der Waals surface area contributed by atoms with Crippen LogP contribution < -0.4 is 0 Å². The zero-order valence-electron chi connectivity index (χ0n) is 9.86. The minimum atomic E-state index is -3.19. The molecule has 1 atom stereocenters. The molecule has 0 aromatic carbocycles. The maximum absolute atomic E-state index is 12.0. The molecule has 0 bridgehead atoms. The predicted molar refractivity (Wildman–Crippen MR) is 65.3 cm³/mol. The predicted octanol–water partition coefficient (Wildman–Crippen LogP) is 1.44. The summed E-state index contributed by atoms with van der Waals surface area (Å²) in [5, 5.41) is 0. The van der Waals surface area contributed by atoms with Gasteiger partial charge >= 0.3 is 0 Å². The molecule has 0 aliphatic carbocycles. The van der Waals surface area contributed by atoms with Crippen molar-refractivity contribution in [2.45, 2.75) is 38.8 Å². The van der Waals surface area contributed by atoms with Gasteiger partial charge in [-0.15, -0.1) is 11.6 Å². The number of nitrogens with zero attached hydrogens (tertiary/aromatic N) is 1. The van der Waals surface area contributed by atoms with Crippen LogP contribution in [0.5, 0.6) is 0 Å². The van der Waals surface area contributed by atoms with Crippen LogP contribution in [0.3, 0.4) is 0 Å². The second-order valence-electron chi connectivity index (χ2n) is 4.30. The molecule has 6 heteroatoms. The highest BCUT2D eigenvalue weighted by atomic mass is 35.5. The van der Waals surface area contributed by atoms with Crippen molar-refractivity contribution in [2.75, 3.05) is 24.8 Å². The number of hydrogen-bond donors (Lipinski definition) is 0. The molecule has 0 N–H and O–H groups in total. The molecule has 1 unspecified atom stereocenters. The van der Waals surface area contributed by atoms with Crippen molar-refractivity contribution < 1.29 is 13.2 Å². The van der Waals surface area contributed by atoms with Crippen molar-refractivity contribution in [3.05, 3.63) is 0 Å². The lowest BCUT2D eigenvalue weighted by Gasteiger charge is -2.22. The van der Waals surface area contributed by atoms with Crippen LogP contribution in [0.15, 0.2) is 0 Å². The van der Waals surface area contributed by atoms with E-state index in [1.54, 1.807) is 0 Å². The number of ether oxygens (including phenoxy) is 1. The topological polar surface area (TPSA) is 46.6 Å². The Bertz CT molecular complexity index is 305. The molecule has 0 aromatic heterocycles. The van der Waals surface area contributed by atoms with Crippen LogP contribution in [-0.4, -0.2) is 49.7 Å². The standard InChI is InChI=1S/C10H20ClNO3S/c1-9(2)15-6-7-16(13,14)12-5-3-4-10(12)8-11/h9-10H,3-8H2,1-2H3. The largest absolute Gasteiger partial charge is 0.378 e. The summed E-state index contributed by atoms with van der Waals surface area (Å²) in [6.07, 6.45) is 1.84. The van der Waals surface area contributed by atoms with Crippen molar-refractivity contribution in [1.29, 1.82) is 0 Å². The second-order valence-corrected chi connectivity index (χ2v) is 6.65. The number of sulfonamides is 1. The van der Waals surface area contributed by atoms with Gasteiger partial charge in [-0.1, -0.05) is 0 Å². The van der Waals surface area contributed by atoms with Gasteiger partial charge in [-0.2, -0.15) is 4.31 Å². The lowest BCUT2D eigenvalue weighted by Crippen LogP contribution is -2.39. The van der Waals surface area contributed by atoms with Crippen LogP contribution in [0.2, 0.25) is 0 Å². The Morgan fingerprint density at radius 1 is 1.50 bits per heavy atom. The summed E-state index contributed by atoms with van der Waals surface area (Å²) in [6, 6.07) is -0.0225. The van der Waals surface area contributed by atoms with E-state index in [9.17, 15) is 8.42 Å². The van der Waals surface area contributed by atoms with Gasteiger partial charge in [0.15, 0.2) is 0 Å². The van der Waals surface area contributed by atoms with Crippen LogP contribution in [-0.2, 0) is 14.8 Å². The maximum atomic E-state index is 12.0. The van der Waals surface area contributed by atoms with E-state index in [0.29, 0.717) is 12.4 Å². The third kappa shape index (κ3) is 3.87. The Labute approximate surface area is 103 Å². The van der Waals surface area contributed by atoms with Crippen LogP contribution >= 0.6 is 11.6 Å². The van der Waals surface area contributed by atoms with E-state index in [1.807, 2.05) is 13.8 Å². The molecule has 1 aliphatic heterocycles. The molecular formula is C10H20ClNO3S. The van der Waals surface area contributed by atoms with Crippen LogP contribution in [0.1, 0.15) is 26.7 Å². The van der Waals surface area contributed by atoms with Gasteiger partial charge in [0.1, 0.15) is 0 Å². The third-order valence-electron chi connectivity index (χ3n) is 2.65. The summed E-state index contributed by atoms with van der Waals surface area (Å²) in [5.74, 6) is 0.433. The van der Waals surface area contributed by atoms with Crippen molar-refractivity contribution in [2.24, 2.45) is 0 Å². The quantitative estimate of drug-likeness (QED) is 0.686. The summed E-state index contributed by atoms with van der Waals surface area (Å²) in [5.41, 5.74) is 0. The fourth-order valence-corrected chi connectivity index (χ4v) is 3.82. The Balaban J connectivity index is 2.49. The van der Waals surface area contributed by atoms with E-state index in [1.165, 1.54) is 4.31 Å². The average Bonchev–Trinajstić information content (AvgIpc) is 2.64. The fourth-order valence-electron chi connectivity index (χ4n) is 1.84. The number of hydrogen-bond acceptors (Lipinski definition) is 3. The average molecular weight is 270 g/mol. The van der Waals surface area contributed by atoms with Crippen molar-refractivity contribution in [3.8, 4) is 0 Å². The Morgan fingerprint density at radius 2 is 2.19 bits per heavy atom. The zero-order valence-corrected chi connectivity index (χ0v) is 11.4. The second kappa shape index (κ2) is 6.19. The van der Waals surface area contributed by atoms with Gasteiger partial charge in [0.2, 0.25) is 10.0 Å². The molecule has 0 radical (unpaired) electrons. The molecule has 1 fully saturated rings. The highest BCUT2D eigenvalue weighted by Gasteiger charge is 2.33. The summed E-state index contributed by atoms with van der Waals surface area (Å²) in [4.78, 5) is 0. The number of alkyl halides is 1. The molecule has 0 aromatic rings. The fraction of sp³-hybridized carbons (Fsp3) is 1.00. The first-order valence-corrected chi connectivity index (χ1v) is 7.79. The van der Waals surface area contributed by atoms with Gasteiger partial charge in [0.25, 0.3) is 0 Å². The number of rotatable bonds is 6. The van der Waals surface area contributed by atoms with Crippen LogP contribution in [0, 0.1) is 0 Å². The van der Waals surface area contributed by atoms with Crippen LogP contribution in [0.25, 0.3) is 0 Å². The Kier molecular flexibility index (Phi) is 5.50. The van der Waals surface area contributed by atoms with E-state index in [2.05, 4.69) is 0 Å². The summed E-state index contributed by atoms with van der Waals surface area (Å²) >= 11 is 5.76. The highest BCUT2D eigenvalue weighted by Crippen LogP contribution is 2.22. The molecule has 16 heavy (non-hydrogen) atoms. The maximum Gasteiger partial charge on any atom is 0.216 e. The van der Waals surface area contributed by atoms with Crippen molar-refractivity contribution >= 4 is 21.6 Å². The van der Waals surface area contributed by atoms with Crippen LogP contribution in [0.4, 0.5) is 0 Å². The normalized spacial score (nSPS) is 23.1. The first-order valence-electron chi connectivity index (χ1n) is 5.64. The lowest BCUT2D eigenvalue weighted by atomic mass is 10.3. The first kappa shape index (κ1) is 14.2. The van der Waals surface area contributed by atoms with Gasteiger partial charge < -0.3 is 4.74 Å². The minimum absolute atomic E-state index is 0.0225. The molecule has 96 valence electrons. The third-order valence-corrected chi connectivity index (χ3v) is 4.89. The highest BCUT2D eigenvalue weighted by molar-refractivity contribution is 7.89. The van der Waals surface area contributed by atoms with Gasteiger partial charge in [0, 0.05) is 18.5 Å². The lowest BCUT2D eigenvalue weighted by molar-refractivity contribution is 0.0906. The molecule has 0 saturated carbocycles. The van der Waals surface area contributed by atoms with Gasteiger partial charge in [-0.3, -0.25) is 0 Å². The minimum Gasteiger partial charge on any atom is -0.378 e. The van der Waals surface area contributed by atoms with Gasteiger partial charge in [-0.25, -0.2) is 8.42 Å². The first-order chi connectivity index (χ1) is 7.47. The van der Waals surface area contributed by atoms with Gasteiger partial charge in [-0.05, 0) is 26.7 Å². The van der Waals surface area contributed by atoms with Crippen molar-refractivity contribution in [1.82, 2.24) is 4.31 Å². The summed E-state index contributed by atoms with van der Waals surface area (Å²) < 4.78 is 30.7. The molecule has 4 nitrogen and oxygen atoms in total. The van der Waals surface area contributed by atoms with E-state index in [0.717, 1.165) is 12.8 Å². The molecule has 0 amide bonds. The molecular weight excluding hydrogens is 250 g/mol. The molecule has 0 spiro atoms. The van der Waals surface area contributed by atoms with Crippen molar-refractivity contribution in [3.63, 3.8) is 0 Å². The van der Waals surface area contributed by atoms with E-state index in [4.69, 9.17) is 16.3 Å². The number of halogens is 1. The summed E-state index contributed by atoms with van der Waals surface area (Å²) in [7, 11) is -3.19. The van der Waals surface area contributed by atoms with E-state index in [-0.39, 0.29) is 24.5 Å². The van der Waals surface area contributed by atoms with E-state index >= 15 is 0 Å². The molecule has 1 aliphatic rings. The Hall–Kier alpha value is 0.160. The smallest absolute Gasteiger partial charge is 0.216 e. The zero-order chi connectivity index (χ0) is 12.2. The SMILES string of the molecule is CC(C)OCCS(=O)(=O)N1CCCC1CCl. The monoisotopic (exact) mass is 269 g/mol. The van der Waals surface area contributed by atoms with Gasteiger partial charge in [0.05, 0.1) is 18.5 Å². The molecule has 1 heterocycles. The molecule has 1 rings (SSSR count). The van der Waals surface area contributed by atoms with E-state index < -0.39 is 10.0 Å².